The summed E-state index contributed by atoms with van der Waals surface area (Å²) in [4.78, 5) is 18.1. The highest BCUT2D eigenvalue weighted by molar-refractivity contribution is 5.91. The SMILES string of the molecule is COC(=O)[C@@H]1C[C@@H]2c3ccc(C(C)(C)C)c4[nH]cc(c34)C[C@H]2N(C)C1. The van der Waals surface area contributed by atoms with Crippen molar-refractivity contribution in [2.45, 2.75) is 51.0 Å². The molecule has 134 valence electrons. The normalized spacial score (nSPS) is 26.5. The fraction of sp³-hybridized carbons (Fsp3) is 0.571. The van der Waals surface area contributed by atoms with E-state index in [-0.39, 0.29) is 17.3 Å². The molecule has 2 heterocycles. The lowest BCUT2D eigenvalue weighted by Gasteiger charge is -2.45. The Morgan fingerprint density at radius 1 is 1.32 bits per heavy atom. The number of benzene rings is 1. The van der Waals surface area contributed by atoms with E-state index in [1.165, 1.54) is 34.7 Å². The summed E-state index contributed by atoms with van der Waals surface area (Å²) in [6, 6.07) is 5.06. The van der Waals surface area contributed by atoms with E-state index in [1.807, 2.05) is 0 Å². The second-order valence-corrected chi connectivity index (χ2v) is 8.79. The quantitative estimate of drug-likeness (QED) is 0.807. The van der Waals surface area contributed by atoms with Gasteiger partial charge in [0.2, 0.25) is 0 Å². The van der Waals surface area contributed by atoms with Gasteiger partial charge in [-0.2, -0.15) is 0 Å². The molecule has 4 nitrogen and oxygen atoms in total. The summed E-state index contributed by atoms with van der Waals surface area (Å²) in [6.45, 7) is 7.57. The summed E-state index contributed by atoms with van der Waals surface area (Å²) in [5.41, 5.74) is 5.57. The summed E-state index contributed by atoms with van der Waals surface area (Å²) in [6.07, 6.45) is 4.13. The molecular formula is C21H28N2O2. The number of carbonyl (C=O) groups excluding carboxylic acids is 1. The molecule has 4 rings (SSSR count). The standard InChI is InChI=1S/C21H28N2O2/c1-21(2,3)16-7-6-14-15-8-13(20(24)25-5)11-23(4)17(15)9-12-10-22-19(16)18(12)14/h6-7,10,13,15,17,22H,8-9,11H2,1-5H3/t13-,15-,17-/m1/s1. The van der Waals surface area contributed by atoms with E-state index < -0.39 is 0 Å². The number of methoxy groups -OCH3 is 1. The highest BCUT2D eigenvalue weighted by atomic mass is 16.5. The molecule has 1 aliphatic carbocycles. The molecule has 4 heteroatoms. The molecule has 0 saturated carbocycles. The van der Waals surface area contributed by atoms with Crippen LogP contribution >= 0.6 is 0 Å². The Hall–Kier alpha value is -1.81. The van der Waals surface area contributed by atoms with Gasteiger partial charge in [-0.3, -0.25) is 4.79 Å². The maximum atomic E-state index is 12.2. The molecule has 0 spiro atoms. The monoisotopic (exact) mass is 340 g/mol. The predicted octanol–water partition coefficient (Wildman–Crippen LogP) is 3.60. The first-order valence-corrected chi connectivity index (χ1v) is 9.22. The Kier molecular flexibility index (Phi) is 3.73. The third-order valence-corrected chi connectivity index (χ3v) is 6.20. The van der Waals surface area contributed by atoms with Gasteiger partial charge in [0.25, 0.3) is 0 Å². The van der Waals surface area contributed by atoms with Crippen LogP contribution in [0.3, 0.4) is 0 Å². The fourth-order valence-electron chi connectivity index (χ4n) is 4.96. The summed E-state index contributed by atoms with van der Waals surface area (Å²) >= 11 is 0. The van der Waals surface area contributed by atoms with Gasteiger partial charge < -0.3 is 14.6 Å². The number of piperidine rings is 1. The molecular weight excluding hydrogens is 312 g/mol. The maximum Gasteiger partial charge on any atom is 0.309 e. The van der Waals surface area contributed by atoms with Gasteiger partial charge in [0, 0.05) is 35.6 Å². The smallest absolute Gasteiger partial charge is 0.309 e. The van der Waals surface area contributed by atoms with Crippen LogP contribution < -0.4 is 0 Å². The molecule has 1 fully saturated rings. The molecule has 0 amide bonds. The number of carbonyl (C=O) groups is 1. The Labute approximate surface area is 149 Å². The highest BCUT2D eigenvalue weighted by Gasteiger charge is 2.42. The number of fused-ring (bicyclic) bond motifs is 2. The second-order valence-electron chi connectivity index (χ2n) is 8.79. The van der Waals surface area contributed by atoms with Crippen LogP contribution in [0.2, 0.25) is 0 Å². The number of hydrogen-bond acceptors (Lipinski definition) is 3. The van der Waals surface area contributed by atoms with E-state index in [4.69, 9.17) is 4.74 Å². The number of hydrogen-bond donors (Lipinski definition) is 1. The predicted molar refractivity (Wildman–Crippen MR) is 100.0 cm³/mol. The van der Waals surface area contributed by atoms with Crippen LogP contribution in [0.4, 0.5) is 0 Å². The molecule has 0 bridgehead atoms. The minimum absolute atomic E-state index is 0.0333. The van der Waals surface area contributed by atoms with Crippen molar-refractivity contribution in [1.82, 2.24) is 9.88 Å². The fourth-order valence-corrected chi connectivity index (χ4v) is 4.96. The Bertz CT molecular complexity index is 830. The van der Waals surface area contributed by atoms with Gasteiger partial charge >= 0.3 is 5.97 Å². The number of nitrogens with one attached hydrogen (secondary N) is 1. The lowest BCUT2D eigenvalue weighted by atomic mass is 9.71. The average Bonchev–Trinajstić information content (AvgIpc) is 2.98. The highest BCUT2D eigenvalue weighted by Crippen LogP contribution is 2.46. The number of nitrogens with zero attached hydrogens (tertiary/aromatic N) is 1. The lowest BCUT2D eigenvalue weighted by Crippen LogP contribution is -2.49. The van der Waals surface area contributed by atoms with Gasteiger partial charge in [0.05, 0.1) is 13.0 Å². The van der Waals surface area contributed by atoms with Gasteiger partial charge in [0.15, 0.2) is 0 Å². The van der Waals surface area contributed by atoms with E-state index in [0.717, 1.165) is 19.4 Å². The zero-order chi connectivity index (χ0) is 17.9. The summed E-state index contributed by atoms with van der Waals surface area (Å²) < 4.78 is 5.04. The first kappa shape index (κ1) is 16.6. The molecule has 1 N–H and O–H groups in total. The number of esters is 1. The first-order valence-electron chi connectivity index (χ1n) is 9.22. The van der Waals surface area contributed by atoms with Crippen LogP contribution in [-0.4, -0.2) is 42.6 Å². The zero-order valence-corrected chi connectivity index (χ0v) is 15.8. The molecule has 3 atom stereocenters. The van der Waals surface area contributed by atoms with E-state index in [9.17, 15) is 4.79 Å². The number of likely N-dealkylation sites (tertiary alicyclic amines) is 1. The van der Waals surface area contributed by atoms with Crippen molar-refractivity contribution in [3.8, 4) is 0 Å². The van der Waals surface area contributed by atoms with Crippen LogP contribution in [-0.2, 0) is 21.4 Å². The number of aromatic nitrogens is 1. The van der Waals surface area contributed by atoms with Crippen molar-refractivity contribution in [3.05, 3.63) is 35.0 Å². The molecule has 25 heavy (non-hydrogen) atoms. The van der Waals surface area contributed by atoms with Gasteiger partial charge in [-0.1, -0.05) is 32.9 Å². The number of H-pyrrole nitrogens is 1. The van der Waals surface area contributed by atoms with Crippen LogP contribution in [0.1, 0.15) is 49.8 Å². The van der Waals surface area contributed by atoms with Crippen LogP contribution in [0, 0.1) is 5.92 Å². The van der Waals surface area contributed by atoms with Crippen molar-refractivity contribution in [2.24, 2.45) is 5.92 Å². The Morgan fingerprint density at radius 2 is 2.08 bits per heavy atom. The van der Waals surface area contributed by atoms with E-state index in [1.54, 1.807) is 0 Å². The molecule has 2 aromatic rings. The third-order valence-electron chi connectivity index (χ3n) is 6.20. The molecule has 0 radical (unpaired) electrons. The topological polar surface area (TPSA) is 45.3 Å². The van der Waals surface area contributed by atoms with Crippen LogP contribution in [0.5, 0.6) is 0 Å². The van der Waals surface area contributed by atoms with Crippen molar-refractivity contribution < 1.29 is 9.53 Å². The van der Waals surface area contributed by atoms with E-state index in [0.29, 0.717) is 12.0 Å². The number of ether oxygens (including phenoxy) is 1. The van der Waals surface area contributed by atoms with Crippen molar-refractivity contribution in [2.75, 3.05) is 20.7 Å². The van der Waals surface area contributed by atoms with Gasteiger partial charge in [-0.15, -0.1) is 0 Å². The number of likely N-dealkylation sites (N-methyl/N-ethyl adjacent to an activating group) is 1. The summed E-state index contributed by atoms with van der Waals surface area (Å²) in [7, 11) is 3.64. The van der Waals surface area contributed by atoms with Crippen molar-refractivity contribution in [3.63, 3.8) is 0 Å². The molecule has 2 aliphatic rings. The van der Waals surface area contributed by atoms with Crippen LogP contribution in [0.25, 0.3) is 10.9 Å². The third kappa shape index (κ3) is 2.50. The number of rotatable bonds is 1. The average molecular weight is 340 g/mol. The number of aromatic amines is 1. The summed E-state index contributed by atoms with van der Waals surface area (Å²) in [5, 5.41) is 1.40. The maximum absolute atomic E-state index is 12.2. The summed E-state index contributed by atoms with van der Waals surface area (Å²) in [5.74, 6) is 0.282. The minimum atomic E-state index is -0.0762. The molecule has 1 aliphatic heterocycles. The van der Waals surface area contributed by atoms with E-state index >= 15 is 0 Å². The van der Waals surface area contributed by atoms with E-state index in [2.05, 4.69) is 56.0 Å². The first-order chi connectivity index (χ1) is 11.8. The van der Waals surface area contributed by atoms with Crippen LogP contribution in [0.15, 0.2) is 18.3 Å². The minimum Gasteiger partial charge on any atom is -0.469 e. The zero-order valence-electron chi connectivity index (χ0n) is 15.8. The largest absolute Gasteiger partial charge is 0.469 e. The molecule has 0 unspecified atom stereocenters. The second kappa shape index (κ2) is 5.60. The van der Waals surface area contributed by atoms with Crippen molar-refractivity contribution in [1.29, 1.82) is 0 Å². The molecule has 1 aromatic heterocycles. The van der Waals surface area contributed by atoms with Gasteiger partial charge in [-0.05, 0) is 42.0 Å². The Morgan fingerprint density at radius 3 is 2.76 bits per heavy atom. The molecule has 1 saturated heterocycles. The lowest BCUT2D eigenvalue weighted by molar-refractivity contribution is -0.148. The van der Waals surface area contributed by atoms with Gasteiger partial charge in [0.1, 0.15) is 0 Å². The van der Waals surface area contributed by atoms with Crippen molar-refractivity contribution >= 4 is 16.9 Å². The van der Waals surface area contributed by atoms with Gasteiger partial charge in [-0.25, -0.2) is 0 Å². The Balaban J connectivity index is 1.83. The molecule has 1 aromatic carbocycles.